The van der Waals surface area contributed by atoms with Crippen molar-refractivity contribution in [2.75, 3.05) is 19.8 Å². The molecule has 1 heterocycles. The van der Waals surface area contributed by atoms with Crippen LogP contribution in [0.15, 0.2) is 0 Å². The van der Waals surface area contributed by atoms with E-state index in [0.29, 0.717) is 0 Å². The van der Waals surface area contributed by atoms with Crippen LogP contribution in [0.2, 0.25) is 0 Å². The van der Waals surface area contributed by atoms with Crippen LogP contribution < -0.4 is 5.32 Å². The third-order valence-corrected chi connectivity index (χ3v) is 1.31. The highest BCUT2D eigenvalue weighted by molar-refractivity contribution is 5.89. The van der Waals surface area contributed by atoms with Gasteiger partial charge in [0.1, 0.15) is 6.61 Å². The van der Waals surface area contributed by atoms with Crippen LogP contribution in [-0.4, -0.2) is 57.4 Å². The predicted molar refractivity (Wildman–Crippen MR) is 45.0 cm³/mol. The molecule has 15 heavy (non-hydrogen) atoms. The number of carboxylic acids is 1. The van der Waals surface area contributed by atoms with Crippen LogP contribution in [0.3, 0.4) is 0 Å². The van der Waals surface area contributed by atoms with Gasteiger partial charge in [-0.2, -0.15) is 5.21 Å². The Hall–Kier alpha value is -2.03. The molecule has 1 aromatic rings. The van der Waals surface area contributed by atoms with Gasteiger partial charge in [-0.25, -0.2) is 4.79 Å². The van der Waals surface area contributed by atoms with E-state index < -0.39 is 18.5 Å². The number of H-pyrrole nitrogens is 1. The number of carbonyl (C=O) groups excluding carboxylic acids is 1. The molecule has 0 bridgehead atoms. The molecule has 0 aliphatic heterocycles. The van der Waals surface area contributed by atoms with Gasteiger partial charge < -0.3 is 15.2 Å². The maximum Gasteiger partial charge on any atom is 0.329 e. The largest absolute Gasteiger partial charge is 0.480 e. The Morgan fingerprint density at radius 3 is 2.93 bits per heavy atom. The van der Waals surface area contributed by atoms with Crippen molar-refractivity contribution in [2.24, 2.45) is 0 Å². The molecule has 0 saturated carbocycles. The van der Waals surface area contributed by atoms with Gasteiger partial charge in [0.25, 0.3) is 11.7 Å². The summed E-state index contributed by atoms with van der Waals surface area (Å²) in [4.78, 5) is 21.2. The van der Waals surface area contributed by atoms with E-state index in [2.05, 4.69) is 30.7 Å². The fraction of sp³-hybridized carbons (Fsp3) is 0.500. The van der Waals surface area contributed by atoms with E-state index >= 15 is 0 Å². The van der Waals surface area contributed by atoms with Crippen LogP contribution in [0.5, 0.6) is 0 Å². The molecule has 0 atom stereocenters. The van der Waals surface area contributed by atoms with Gasteiger partial charge in [-0.3, -0.25) is 4.79 Å². The fourth-order valence-corrected chi connectivity index (χ4v) is 0.733. The Balaban J connectivity index is 2.10. The molecule has 0 aliphatic rings. The van der Waals surface area contributed by atoms with E-state index in [1.165, 1.54) is 0 Å². The summed E-state index contributed by atoms with van der Waals surface area (Å²) < 4.78 is 4.68. The molecule has 1 rings (SSSR count). The number of nitrogens with zero attached hydrogens (tertiary/aromatic N) is 3. The van der Waals surface area contributed by atoms with Crippen molar-refractivity contribution in [3.63, 3.8) is 0 Å². The third-order valence-electron chi connectivity index (χ3n) is 1.31. The predicted octanol–water partition coefficient (Wildman–Crippen LogP) is -1.97. The minimum absolute atomic E-state index is 0.0757. The number of hydrogen-bond acceptors (Lipinski definition) is 6. The molecule has 3 N–H and O–H groups in total. The van der Waals surface area contributed by atoms with Crippen molar-refractivity contribution in [2.45, 2.75) is 0 Å². The van der Waals surface area contributed by atoms with Crippen LogP contribution in [0, 0.1) is 0 Å². The summed E-state index contributed by atoms with van der Waals surface area (Å²) in [6.07, 6.45) is 0. The molecule has 9 nitrogen and oxygen atoms in total. The van der Waals surface area contributed by atoms with E-state index in [1.807, 2.05) is 0 Å². The fourth-order valence-electron chi connectivity index (χ4n) is 0.733. The lowest BCUT2D eigenvalue weighted by Crippen LogP contribution is -2.28. The summed E-state index contributed by atoms with van der Waals surface area (Å²) in [5.41, 5.74) is 0. The summed E-state index contributed by atoms with van der Waals surface area (Å²) in [5.74, 6) is -1.63. The Morgan fingerprint density at radius 1 is 1.53 bits per heavy atom. The number of rotatable bonds is 6. The topological polar surface area (TPSA) is 130 Å². The van der Waals surface area contributed by atoms with Crippen molar-refractivity contribution in [3.05, 3.63) is 5.82 Å². The van der Waals surface area contributed by atoms with Gasteiger partial charge in [0.05, 0.1) is 6.61 Å². The first-order valence-electron chi connectivity index (χ1n) is 4.01. The van der Waals surface area contributed by atoms with Gasteiger partial charge in [0, 0.05) is 6.54 Å². The molecule has 0 aliphatic carbocycles. The van der Waals surface area contributed by atoms with Gasteiger partial charge in [-0.15, -0.1) is 10.2 Å². The normalized spacial score (nSPS) is 9.87. The quantitative estimate of drug-likeness (QED) is 0.469. The number of nitrogens with one attached hydrogen (secondary N) is 2. The van der Waals surface area contributed by atoms with E-state index in [0.717, 1.165) is 0 Å². The molecule has 1 aromatic heterocycles. The minimum atomic E-state index is -1.06. The highest BCUT2D eigenvalue weighted by Crippen LogP contribution is 1.82. The molecular weight excluding hydrogens is 206 g/mol. The Morgan fingerprint density at radius 2 is 2.33 bits per heavy atom. The zero-order valence-corrected chi connectivity index (χ0v) is 7.63. The minimum Gasteiger partial charge on any atom is -0.480 e. The maximum absolute atomic E-state index is 11.1. The van der Waals surface area contributed by atoms with Crippen LogP contribution in [0.1, 0.15) is 10.6 Å². The third kappa shape index (κ3) is 4.13. The molecule has 1 amide bonds. The molecule has 0 aromatic carbocycles. The molecule has 0 spiro atoms. The van der Waals surface area contributed by atoms with Crippen molar-refractivity contribution in [3.8, 4) is 0 Å². The average Bonchev–Trinajstić information content (AvgIpc) is 2.69. The second-order valence-electron chi connectivity index (χ2n) is 2.44. The zero-order valence-electron chi connectivity index (χ0n) is 7.63. The van der Waals surface area contributed by atoms with Crippen molar-refractivity contribution >= 4 is 11.9 Å². The Bertz CT molecular complexity index is 324. The summed E-state index contributed by atoms with van der Waals surface area (Å²) in [7, 11) is 0. The van der Waals surface area contributed by atoms with Crippen LogP contribution in [-0.2, 0) is 9.53 Å². The average molecular weight is 215 g/mol. The number of aliphatic carboxylic acids is 1. The lowest BCUT2D eigenvalue weighted by molar-refractivity contribution is -0.142. The molecule has 0 saturated heterocycles. The second-order valence-corrected chi connectivity index (χ2v) is 2.44. The van der Waals surface area contributed by atoms with Crippen molar-refractivity contribution < 1.29 is 19.4 Å². The highest BCUT2D eigenvalue weighted by Gasteiger charge is 2.08. The number of ether oxygens (including phenoxy) is 1. The number of aromatic nitrogens is 4. The lowest BCUT2D eigenvalue weighted by atomic mass is 10.5. The summed E-state index contributed by atoms with van der Waals surface area (Å²) in [5, 5.41) is 22.9. The standard InChI is InChI=1S/C6H9N5O4/c12-4(13)3-15-2-1-7-6(14)5-8-10-11-9-5/h1-3H2,(H,7,14)(H,12,13)(H,8,9,10,11). The summed E-state index contributed by atoms with van der Waals surface area (Å²) >= 11 is 0. The summed E-state index contributed by atoms with van der Waals surface area (Å²) in [6, 6.07) is 0. The van der Waals surface area contributed by atoms with E-state index in [1.54, 1.807) is 0 Å². The number of carbonyl (C=O) groups is 2. The van der Waals surface area contributed by atoms with E-state index in [4.69, 9.17) is 5.11 Å². The van der Waals surface area contributed by atoms with Gasteiger partial charge in [-0.05, 0) is 5.21 Å². The van der Waals surface area contributed by atoms with Gasteiger partial charge in [0.15, 0.2) is 0 Å². The first kappa shape index (κ1) is 11.0. The highest BCUT2D eigenvalue weighted by atomic mass is 16.5. The van der Waals surface area contributed by atoms with Crippen LogP contribution in [0.25, 0.3) is 0 Å². The number of aromatic amines is 1. The molecule has 9 heteroatoms. The summed E-state index contributed by atoms with van der Waals surface area (Å²) in [6.45, 7) is -0.103. The van der Waals surface area contributed by atoms with E-state index in [9.17, 15) is 9.59 Å². The Labute approximate surface area is 83.8 Å². The van der Waals surface area contributed by atoms with Crippen LogP contribution in [0.4, 0.5) is 0 Å². The second kappa shape index (κ2) is 5.65. The van der Waals surface area contributed by atoms with Gasteiger partial charge in [-0.1, -0.05) is 0 Å². The molecule has 0 unspecified atom stereocenters. The number of hydrogen-bond donors (Lipinski definition) is 3. The van der Waals surface area contributed by atoms with Crippen LogP contribution >= 0.6 is 0 Å². The molecule has 82 valence electrons. The van der Waals surface area contributed by atoms with Gasteiger partial charge in [0.2, 0.25) is 0 Å². The van der Waals surface area contributed by atoms with Crippen molar-refractivity contribution in [1.82, 2.24) is 25.9 Å². The van der Waals surface area contributed by atoms with Crippen molar-refractivity contribution in [1.29, 1.82) is 0 Å². The number of amides is 1. The smallest absolute Gasteiger partial charge is 0.329 e. The molecular formula is C6H9N5O4. The Kier molecular flexibility index (Phi) is 4.16. The number of tetrazole rings is 1. The monoisotopic (exact) mass is 215 g/mol. The lowest BCUT2D eigenvalue weighted by Gasteiger charge is -2.01. The van der Waals surface area contributed by atoms with Gasteiger partial charge >= 0.3 is 5.97 Å². The molecule has 0 radical (unpaired) electrons. The molecule has 0 fully saturated rings. The number of carboxylic acid groups (broad SMARTS) is 1. The van der Waals surface area contributed by atoms with E-state index in [-0.39, 0.29) is 19.0 Å². The zero-order chi connectivity index (χ0) is 11.1. The maximum atomic E-state index is 11.1. The first-order valence-corrected chi connectivity index (χ1v) is 4.01. The first-order chi connectivity index (χ1) is 7.20. The SMILES string of the molecule is O=C(O)COCCNC(=O)c1nn[nH]n1.